The van der Waals surface area contributed by atoms with E-state index in [2.05, 4.69) is 10.3 Å². The Morgan fingerprint density at radius 1 is 1.16 bits per heavy atom. The van der Waals surface area contributed by atoms with Gasteiger partial charge in [0.05, 0.1) is 11.3 Å². The first-order valence-electron chi connectivity index (χ1n) is 7.32. The Bertz CT molecular complexity index is 787. The van der Waals surface area contributed by atoms with Crippen molar-refractivity contribution >= 4 is 11.6 Å². The van der Waals surface area contributed by atoms with Crippen LogP contribution in [-0.4, -0.2) is 11.5 Å². The number of aromatic nitrogens is 1. The van der Waals surface area contributed by atoms with Gasteiger partial charge in [-0.15, -0.1) is 0 Å². The molecule has 0 spiro atoms. The van der Waals surface area contributed by atoms with E-state index in [9.17, 15) is 22.0 Å². The molecule has 1 N–H and O–H groups in total. The highest BCUT2D eigenvalue weighted by Crippen LogP contribution is 2.37. The predicted octanol–water partition coefficient (Wildman–Crippen LogP) is 4.26. The van der Waals surface area contributed by atoms with Gasteiger partial charge in [0.1, 0.15) is 23.8 Å². The molecule has 3 rings (SSSR count). The third-order valence-electron chi connectivity index (χ3n) is 3.78. The van der Waals surface area contributed by atoms with Crippen LogP contribution in [0, 0.1) is 11.6 Å². The van der Waals surface area contributed by atoms with Gasteiger partial charge in [-0.25, -0.2) is 13.8 Å². The molecule has 0 radical (unpaired) electrons. The number of pyridine rings is 1. The van der Waals surface area contributed by atoms with Gasteiger partial charge in [-0.1, -0.05) is 11.6 Å². The number of halogens is 6. The molecular formula is C16H12ClF5N2O. The topological polar surface area (TPSA) is 34.1 Å². The number of hydrogen-bond acceptors (Lipinski definition) is 3. The Labute approximate surface area is 144 Å². The van der Waals surface area contributed by atoms with Gasteiger partial charge in [-0.05, 0) is 36.7 Å². The number of ether oxygens (including phenoxy) is 1. The number of alkyl halides is 3. The Morgan fingerprint density at radius 2 is 1.84 bits per heavy atom. The second-order valence-electron chi connectivity index (χ2n) is 5.51. The second-order valence-corrected chi connectivity index (χ2v) is 5.94. The van der Waals surface area contributed by atoms with Crippen molar-refractivity contribution in [1.29, 1.82) is 0 Å². The van der Waals surface area contributed by atoms with Gasteiger partial charge in [-0.3, -0.25) is 0 Å². The molecule has 0 atom stereocenters. The van der Waals surface area contributed by atoms with Gasteiger partial charge in [0.15, 0.2) is 0 Å². The van der Waals surface area contributed by atoms with Crippen molar-refractivity contribution in [3.05, 3.63) is 57.2 Å². The third kappa shape index (κ3) is 3.85. The molecule has 1 aliphatic rings. The smallest absolute Gasteiger partial charge is 0.421 e. The van der Waals surface area contributed by atoms with E-state index < -0.39 is 41.4 Å². The summed E-state index contributed by atoms with van der Waals surface area (Å²) in [4.78, 5) is 3.90. The van der Waals surface area contributed by atoms with Crippen LogP contribution in [0.1, 0.15) is 22.4 Å². The van der Waals surface area contributed by atoms with Crippen molar-refractivity contribution in [3.8, 4) is 5.88 Å². The number of benzene rings is 1. The van der Waals surface area contributed by atoms with Gasteiger partial charge in [0.25, 0.3) is 0 Å². The lowest BCUT2D eigenvalue weighted by molar-refractivity contribution is -0.139. The SMILES string of the molecule is Fc1cc(Cl)cc(F)c1COc1nc2c(cc1C(F)(F)F)CCNC2. The molecule has 0 saturated heterocycles. The second kappa shape index (κ2) is 6.76. The lowest BCUT2D eigenvalue weighted by atomic mass is 10.0. The number of fused-ring (bicyclic) bond motifs is 1. The zero-order chi connectivity index (χ0) is 18.2. The first-order chi connectivity index (χ1) is 11.8. The summed E-state index contributed by atoms with van der Waals surface area (Å²) in [5.41, 5.74) is -0.688. The van der Waals surface area contributed by atoms with E-state index in [1.807, 2.05) is 0 Å². The summed E-state index contributed by atoms with van der Waals surface area (Å²) < 4.78 is 72.3. The van der Waals surface area contributed by atoms with E-state index >= 15 is 0 Å². The molecule has 25 heavy (non-hydrogen) atoms. The highest BCUT2D eigenvalue weighted by Gasteiger charge is 2.37. The summed E-state index contributed by atoms with van der Waals surface area (Å²) >= 11 is 5.51. The molecule has 134 valence electrons. The normalized spacial score (nSPS) is 14.3. The summed E-state index contributed by atoms with van der Waals surface area (Å²) in [5, 5.41) is 2.83. The molecule has 0 bridgehead atoms. The van der Waals surface area contributed by atoms with Crippen molar-refractivity contribution in [3.63, 3.8) is 0 Å². The Hall–Kier alpha value is -1.93. The Morgan fingerprint density at radius 3 is 2.48 bits per heavy atom. The average Bonchev–Trinajstić information content (AvgIpc) is 2.52. The first-order valence-corrected chi connectivity index (χ1v) is 7.70. The van der Waals surface area contributed by atoms with E-state index in [0.29, 0.717) is 30.8 Å². The quantitative estimate of drug-likeness (QED) is 0.810. The summed E-state index contributed by atoms with van der Waals surface area (Å²) in [7, 11) is 0. The van der Waals surface area contributed by atoms with Gasteiger partial charge in [0, 0.05) is 11.6 Å². The lowest BCUT2D eigenvalue weighted by Gasteiger charge is -2.20. The lowest BCUT2D eigenvalue weighted by Crippen LogP contribution is -2.26. The Kier molecular flexibility index (Phi) is 4.83. The molecule has 2 heterocycles. The van der Waals surface area contributed by atoms with Crippen molar-refractivity contribution < 1.29 is 26.7 Å². The van der Waals surface area contributed by atoms with Crippen molar-refractivity contribution in [2.24, 2.45) is 0 Å². The van der Waals surface area contributed by atoms with Crippen LogP contribution in [0.2, 0.25) is 5.02 Å². The number of nitrogens with one attached hydrogen (secondary N) is 1. The summed E-state index contributed by atoms with van der Waals surface area (Å²) in [6.07, 6.45) is -4.29. The minimum atomic E-state index is -4.70. The van der Waals surface area contributed by atoms with E-state index in [-0.39, 0.29) is 5.02 Å². The van der Waals surface area contributed by atoms with Crippen LogP contribution in [-0.2, 0) is 25.7 Å². The molecule has 0 saturated carbocycles. The fourth-order valence-electron chi connectivity index (χ4n) is 2.54. The molecule has 1 aromatic carbocycles. The fraction of sp³-hybridized carbons (Fsp3) is 0.312. The van der Waals surface area contributed by atoms with Crippen molar-refractivity contribution in [2.75, 3.05) is 6.54 Å². The number of rotatable bonds is 3. The minimum Gasteiger partial charge on any atom is -0.472 e. The molecule has 2 aromatic rings. The van der Waals surface area contributed by atoms with E-state index in [1.165, 1.54) is 0 Å². The molecular weight excluding hydrogens is 367 g/mol. The monoisotopic (exact) mass is 378 g/mol. The van der Waals surface area contributed by atoms with E-state index in [4.69, 9.17) is 16.3 Å². The van der Waals surface area contributed by atoms with E-state index in [0.717, 1.165) is 18.2 Å². The van der Waals surface area contributed by atoms with Crippen molar-refractivity contribution in [1.82, 2.24) is 10.3 Å². The van der Waals surface area contributed by atoms with Gasteiger partial charge < -0.3 is 10.1 Å². The molecule has 0 fully saturated rings. The highest BCUT2D eigenvalue weighted by molar-refractivity contribution is 6.30. The van der Waals surface area contributed by atoms with Crippen molar-refractivity contribution in [2.45, 2.75) is 25.7 Å². The third-order valence-corrected chi connectivity index (χ3v) is 4.00. The van der Waals surface area contributed by atoms with Crippen LogP contribution < -0.4 is 10.1 Å². The van der Waals surface area contributed by atoms with Crippen LogP contribution >= 0.6 is 11.6 Å². The van der Waals surface area contributed by atoms with Crippen LogP contribution in [0.5, 0.6) is 5.88 Å². The fourth-order valence-corrected chi connectivity index (χ4v) is 2.73. The maximum Gasteiger partial charge on any atom is 0.421 e. The molecule has 0 aliphatic carbocycles. The zero-order valence-electron chi connectivity index (χ0n) is 12.7. The largest absolute Gasteiger partial charge is 0.472 e. The van der Waals surface area contributed by atoms with Crippen LogP contribution in [0.3, 0.4) is 0 Å². The van der Waals surface area contributed by atoms with Crippen LogP contribution in [0.4, 0.5) is 22.0 Å². The summed E-state index contributed by atoms with van der Waals surface area (Å²) in [5.74, 6) is -2.71. The Balaban J connectivity index is 1.94. The predicted molar refractivity (Wildman–Crippen MR) is 80.3 cm³/mol. The van der Waals surface area contributed by atoms with Gasteiger partial charge >= 0.3 is 6.18 Å². The number of hydrogen-bond donors (Lipinski definition) is 1. The molecule has 0 amide bonds. The summed E-state index contributed by atoms with van der Waals surface area (Å²) in [6.45, 7) is 0.109. The molecule has 0 unspecified atom stereocenters. The molecule has 1 aromatic heterocycles. The first kappa shape index (κ1) is 17.9. The molecule has 3 nitrogen and oxygen atoms in total. The van der Waals surface area contributed by atoms with Crippen LogP contribution in [0.15, 0.2) is 18.2 Å². The zero-order valence-corrected chi connectivity index (χ0v) is 13.4. The maximum absolute atomic E-state index is 13.8. The average molecular weight is 379 g/mol. The molecule has 9 heteroatoms. The van der Waals surface area contributed by atoms with E-state index in [1.54, 1.807) is 0 Å². The van der Waals surface area contributed by atoms with Gasteiger partial charge in [-0.2, -0.15) is 13.2 Å². The maximum atomic E-state index is 13.8. The minimum absolute atomic E-state index is 0.160. The highest BCUT2D eigenvalue weighted by atomic mass is 35.5. The summed E-state index contributed by atoms with van der Waals surface area (Å²) in [6, 6.07) is 2.70. The van der Waals surface area contributed by atoms with Crippen LogP contribution in [0.25, 0.3) is 0 Å². The standard InChI is InChI=1S/C16H12ClF5N2O/c17-9-4-12(18)10(13(19)5-9)7-25-15-11(16(20,21)22)3-8-1-2-23-6-14(8)24-15/h3-5,23H,1-2,6-7H2. The number of nitrogens with zero attached hydrogens (tertiary/aromatic N) is 1. The van der Waals surface area contributed by atoms with Gasteiger partial charge in [0.2, 0.25) is 5.88 Å². The molecule has 1 aliphatic heterocycles.